The van der Waals surface area contributed by atoms with Crippen molar-refractivity contribution in [1.82, 2.24) is 14.6 Å². The van der Waals surface area contributed by atoms with Crippen LogP contribution in [-0.2, 0) is 13.0 Å². The van der Waals surface area contributed by atoms with E-state index in [1.807, 2.05) is 47.0 Å². The maximum absolute atomic E-state index is 5.68. The van der Waals surface area contributed by atoms with Crippen molar-refractivity contribution in [3.05, 3.63) is 59.5 Å². The molecule has 5 nitrogen and oxygen atoms in total. The van der Waals surface area contributed by atoms with E-state index in [1.54, 1.807) is 7.11 Å². The van der Waals surface area contributed by atoms with Crippen molar-refractivity contribution in [2.75, 3.05) is 7.11 Å². The summed E-state index contributed by atoms with van der Waals surface area (Å²) in [7, 11) is 1.67. The van der Waals surface area contributed by atoms with Gasteiger partial charge in [0.05, 0.1) is 7.11 Å². The first kappa shape index (κ1) is 12.6. The van der Waals surface area contributed by atoms with Gasteiger partial charge in [-0.05, 0) is 17.7 Å². The second-order valence-electron chi connectivity index (χ2n) is 4.57. The third kappa shape index (κ3) is 2.23. The molecule has 0 saturated carbocycles. The first-order valence-corrected chi connectivity index (χ1v) is 6.46. The monoisotopic (exact) mass is 268 g/mol. The second-order valence-corrected chi connectivity index (χ2v) is 4.57. The molecule has 102 valence electrons. The summed E-state index contributed by atoms with van der Waals surface area (Å²) in [5.74, 6) is 1.74. The predicted octanol–water partition coefficient (Wildman–Crippen LogP) is 1.79. The standard InChI is InChI=1S/C15H16N4O/c1-20-13-5-3-2-4-12(13)8-15-18-17-14-7-6-11(9-16)10-19(14)15/h2-7,10H,8-9,16H2,1H3. The lowest BCUT2D eigenvalue weighted by Crippen LogP contribution is -2.02. The van der Waals surface area contributed by atoms with Gasteiger partial charge >= 0.3 is 0 Å². The summed E-state index contributed by atoms with van der Waals surface area (Å²) in [6, 6.07) is 11.8. The van der Waals surface area contributed by atoms with Gasteiger partial charge in [-0.3, -0.25) is 4.40 Å². The zero-order chi connectivity index (χ0) is 13.9. The van der Waals surface area contributed by atoms with E-state index < -0.39 is 0 Å². The number of rotatable bonds is 4. The largest absolute Gasteiger partial charge is 0.496 e. The van der Waals surface area contributed by atoms with Crippen molar-refractivity contribution in [2.24, 2.45) is 5.73 Å². The van der Waals surface area contributed by atoms with Gasteiger partial charge in [0, 0.05) is 24.7 Å². The molecular formula is C15H16N4O. The van der Waals surface area contributed by atoms with Gasteiger partial charge in [-0.2, -0.15) is 0 Å². The van der Waals surface area contributed by atoms with E-state index in [4.69, 9.17) is 10.5 Å². The normalized spacial score (nSPS) is 10.9. The van der Waals surface area contributed by atoms with E-state index in [9.17, 15) is 0 Å². The van der Waals surface area contributed by atoms with E-state index in [-0.39, 0.29) is 0 Å². The second kappa shape index (κ2) is 5.30. The number of nitrogens with zero attached hydrogens (tertiary/aromatic N) is 3. The molecule has 3 rings (SSSR count). The molecule has 2 heterocycles. The van der Waals surface area contributed by atoms with Crippen LogP contribution in [0.1, 0.15) is 17.0 Å². The zero-order valence-corrected chi connectivity index (χ0v) is 11.3. The molecule has 0 unspecified atom stereocenters. The molecule has 2 aromatic heterocycles. The highest BCUT2D eigenvalue weighted by molar-refractivity contribution is 5.41. The summed E-state index contributed by atoms with van der Waals surface area (Å²) >= 11 is 0. The minimum absolute atomic E-state index is 0.502. The Morgan fingerprint density at radius 2 is 2.00 bits per heavy atom. The number of hydrogen-bond acceptors (Lipinski definition) is 4. The average Bonchev–Trinajstić information content (AvgIpc) is 2.90. The molecule has 20 heavy (non-hydrogen) atoms. The summed E-state index contributed by atoms with van der Waals surface area (Å²) in [5, 5.41) is 8.44. The third-order valence-corrected chi connectivity index (χ3v) is 3.31. The van der Waals surface area contributed by atoms with Gasteiger partial charge in [-0.1, -0.05) is 24.3 Å². The fraction of sp³-hybridized carbons (Fsp3) is 0.200. The Labute approximate surface area is 117 Å². The maximum Gasteiger partial charge on any atom is 0.160 e. The van der Waals surface area contributed by atoms with E-state index >= 15 is 0 Å². The van der Waals surface area contributed by atoms with Gasteiger partial charge in [-0.25, -0.2) is 0 Å². The fourth-order valence-electron chi connectivity index (χ4n) is 2.24. The van der Waals surface area contributed by atoms with Crippen LogP contribution in [0.5, 0.6) is 5.75 Å². The van der Waals surface area contributed by atoms with Crippen molar-refractivity contribution < 1.29 is 4.74 Å². The lowest BCUT2D eigenvalue weighted by atomic mass is 10.1. The average molecular weight is 268 g/mol. The molecule has 0 aliphatic rings. The number of para-hydroxylation sites is 1. The third-order valence-electron chi connectivity index (χ3n) is 3.31. The molecule has 1 aromatic carbocycles. The van der Waals surface area contributed by atoms with Gasteiger partial charge in [0.2, 0.25) is 0 Å². The minimum atomic E-state index is 0.502. The minimum Gasteiger partial charge on any atom is -0.496 e. The smallest absolute Gasteiger partial charge is 0.160 e. The molecule has 0 amide bonds. The molecule has 0 radical (unpaired) electrons. The topological polar surface area (TPSA) is 65.4 Å². The number of fused-ring (bicyclic) bond motifs is 1. The molecule has 0 aliphatic carbocycles. The van der Waals surface area contributed by atoms with E-state index in [2.05, 4.69) is 10.2 Å². The number of methoxy groups -OCH3 is 1. The van der Waals surface area contributed by atoms with Crippen molar-refractivity contribution in [2.45, 2.75) is 13.0 Å². The number of hydrogen-bond donors (Lipinski definition) is 1. The number of pyridine rings is 1. The van der Waals surface area contributed by atoms with Crippen LogP contribution >= 0.6 is 0 Å². The molecule has 0 bridgehead atoms. The molecule has 2 N–H and O–H groups in total. The van der Waals surface area contributed by atoms with Gasteiger partial charge < -0.3 is 10.5 Å². The molecule has 0 saturated heterocycles. The van der Waals surface area contributed by atoms with Crippen molar-refractivity contribution in [1.29, 1.82) is 0 Å². The molecule has 3 aromatic rings. The number of benzene rings is 1. The van der Waals surface area contributed by atoms with E-state index in [0.29, 0.717) is 13.0 Å². The highest BCUT2D eigenvalue weighted by atomic mass is 16.5. The van der Waals surface area contributed by atoms with Crippen LogP contribution in [0.2, 0.25) is 0 Å². The molecule has 0 fully saturated rings. The van der Waals surface area contributed by atoms with Gasteiger partial charge in [0.15, 0.2) is 5.65 Å². The number of ether oxygens (including phenoxy) is 1. The predicted molar refractivity (Wildman–Crippen MR) is 76.7 cm³/mol. The SMILES string of the molecule is COc1ccccc1Cc1nnc2ccc(CN)cn12. The van der Waals surface area contributed by atoms with Crippen LogP contribution in [0.4, 0.5) is 0 Å². The summed E-state index contributed by atoms with van der Waals surface area (Å²) in [4.78, 5) is 0. The summed E-state index contributed by atoms with van der Waals surface area (Å²) in [6.07, 6.45) is 2.65. The first-order valence-electron chi connectivity index (χ1n) is 6.46. The molecule has 5 heteroatoms. The summed E-state index contributed by atoms with van der Waals surface area (Å²) in [5.41, 5.74) is 8.65. The highest BCUT2D eigenvalue weighted by Crippen LogP contribution is 2.20. The highest BCUT2D eigenvalue weighted by Gasteiger charge is 2.09. The Morgan fingerprint density at radius 1 is 1.15 bits per heavy atom. The van der Waals surface area contributed by atoms with Crippen LogP contribution in [-0.4, -0.2) is 21.7 Å². The fourth-order valence-corrected chi connectivity index (χ4v) is 2.24. The molecule has 0 atom stereocenters. The maximum atomic E-state index is 5.68. The quantitative estimate of drug-likeness (QED) is 0.783. The van der Waals surface area contributed by atoms with Gasteiger partial charge in [-0.15, -0.1) is 10.2 Å². The van der Waals surface area contributed by atoms with Crippen molar-refractivity contribution in [3.63, 3.8) is 0 Å². The lowest BCUT2D eigenvalue weighted by Gasteiger charge is -2.07. The number of nitrogens with two attached hydrogens (primary N) is 1. The summed E-state index contributed by atoms with van der Waals surface area (Å²) in [6.45, 7) is 0.502. The van der Waals surface area contributed by atoms with Crippen LogP contribution in [0.3, 0.4) is 0 Å². The van der Waals surface area contributed by atoms with Crippen molar-refractivity contribution >= 4 is 5.65 Å². The van der Waals surface area contributed by atoms with Crippen LogP contribution in [0.15, 0.2) is 42.6 Å². The number of aromatic nitrogens is 3. The van der Waals surface area contributed by atoms with E-state index in [0.717, 1.165) is 28.3 Å². The molecule has 0 spiro atoms. The Hall–Kier alpha value is -2.40. The van der Waals surface area contributed by atoms with E-state index in [1.165, 1.54) is 0 Å². The Morgan fingerprint density at radius 3 is 2.80 bits per heavy atom. The molecule has 0 aliphatic heterocycles. The van der Waals surface area contributed by atoms with Gasteiger partial charge in [0.25, 0.3) is 0 Å². The zero-order valence-electron chi connectivity index (χ0n) is 11.3. The first-order chi connectivity index (χ1) is 9.81. The summed E-state index contributed by atoms with van der Waals surface area (Å²) < 4.78 is 7.35. The van der Waals surface area contributed by atoms with Gasteiger partial charge in [0.1, 0.15) is 11.6 Å². The Kier molecular flexibility index (Phi) is 3.35. The lowest BCUT2D eigenvalue weighted by molar-refractivity contribution is 0.410. The molecular weight excluding hydrogens is 252 g/mol. The van der Waals surface area contributed by atoms with Crippen LogP contribution < -0.4 is 10.5 Å². The van der Waals surface area contributed by atoms with Crippen LogP contribution in [0, 0.1) is 0 Å². The Balaban J connectivity index is 2.02. The van der Waals surface area contributed by atoms with Crippen LogP contribution in [0.25, 0.3) is 5.65 Å². The Bertz CT molecular complexity index is 736. The van der Waals surface area contributed by atoms with Crippen molar-refractivity contribution in [3.8, 4) is 5.75 Å².